The molecule has 78 valence electrons. The third kappa shape index (κ3) is 1.89. The number of rotatable bonds is 2. The van der Waals surface area contributed by atoms with Crippen LogP contribution in [0, 0.1) is 6.92 Å². The van der Waals surface area contributed by atoms with Crippen LogP contribution < -0.4 is 5.73 Å². The average molecular weight is 222 g/mol. The van der Waals surface area contributed by atoms with Gasteiger partial charge < -0.3 is 5.73 Å². The predicted octanol–water partition coefficient (Wildman–Crippen LogP) is 2.50. The van der Waals surface area contributed by atoms with Crippen LogP contribution in [0.2, 0.25) is 5.02 Å². The van der Waals surface area contributed by atoms with Crippen molar-refractivity contribution in [3.63, 3.8) is 0 Å². The lowest BCUT2D eigenvalue weighted by Crippen LogP contribution is -1.98. The molecule has 1 heterocycles. The van der Waals surface area contributed by atoms with Gasteiger partial charge in [0.1, 0.15) is 0 Å². The van der Waals surface area contributed by atoms with Gasteiger partial charge in [0.05, 0.1) is 5.69 Å². The highest BCUT2D eigenvalue weighted by Crippen LogP contribution is 2.25. The third-order valence-corrected chi connectivity index (χ3v) is 2.61. The van der Waals surface area contributed by atoms with Crippen molar-refractivity contribution in [3.05, 3.63) is 40.5 Å². The summed E-state index contributed by atoms with van der Waals surface area (Å²) in [6.45, 7) is 2.44. The Hall–Kier alpha value is -1.32. The number of aromatic amines is 1. The first-order valence-electron chi connectivity index (χ1n) is 4.72. The Morgan fingerprint density at radius 2 is 2.27 bits per heavy atom. The molecule has 3 N–H and O–H groups in total. The van der Waals surface area contributed by atoms with E-state index in [0.717, 1.165) is 22.5 Å². The van der Waals surface area contributed by atoms with Gasteiger partial charge in [-0.25, -0.2) is 0 Å². The molecule has 4 heteroatoms. The minimum atomic E-state index is 0.476. The van der Waals surface area contributed by atoms with Gasteiger partial charge in [0.15, 0.2) is 0 Å². The van der Waals surface area contributed by atoms with E-state index in [9.17, 15) is 0 Å². The number of nitrogens with zero attached hydrogens (tertiary/aromatic N) is 1. The number of H-pyrrole nitrogens is 1. The van der Waals surface area contributed by atoms with Gasteiger partial charge in [0.25, 0.3) is 0 Å². The summed E-state index contributed by atoms with van der Waals surface area (Å²) in [5, 5.41) is 7.87. The molecule has 0 aliphatic heterocycles. The highest BCUT2D eigenvalue weighted by Gasteiger charge is 2.10. The molecule has 0 aliphatic carbocycles. The van der Waals surface area contributed by atoms with Crippen molar-refractivity contribution < 1.29 is 0 Å². The first-order chi connectivity index (χ1) is 7.22. The van der Waals surface area contributed by atoms with Gasteiger partial charge >= 0.3 is 0 Å². The van der Waals surface area contributed by atoms with Crippen LogP contribution in [0.15, 0.2) is 24.3 Å². The predicted molar refractivity (Wildman–Crippen MR) is 61.7 cm³/mol. The van der Waals surface area contributed by atoms with Gasteiger partial charge in [-0.15, -0.1) is 0 Å². The van der Waals surface area contributed by atoms with Crippen molar-refractivity contribution in [2.24, 2.45) is 5.73 Å². The Kier molecular flexibility index (Phi) is 2.75. The second-order valence-electron chi connectivity index (χ2n) is 3.39. The normalized spacial score (nSPS) is 10.6. The van der Waals surface area contributed by atoms with E-state index in [1.165, 1.54) is 0 Å². The zero-order valence-electron chi connectivity index (χ0n) is 8.42. The molecule has 0 unspecified atom stereocenters. The molecule has 0 fully saturated rings. The Labute approximate surface area is 93.3 Å². The van der Waals surface area contributed by atoms with Gasteiger partial charge in [-0.2, -0.15) is 5.10 Å². The van der Waals surface area contributed by atoms with Crippen molar-refractivity contribution >= 4 is 11.6 Å². The number of nitrogens with one attached hydrogen (secondary N) is 1. The summed E-state index contributed by atoms with van der Waals surface area (Å²) in [5.41, 5.74) is 9.60. The second kappa shape index (κ2) is 4.04. The van der Waals surface area contributed by atoms with E-state index in [0.29, 0.717) is 11.6 Å². The first-order valence-corrected chi connectivity index (χ1v) is 5.10. The minimum Gasteiger partial charge on any atom is -0.326 e. The second-order valence-corrected chi connectivity index (χ2v) is 3.83. The summed E-state index contributed by atoms with van der Waals surface area (Å²) in [6, 6.07) is 7.60. The summed E-state index contributed by atoms with van der Waals surface area (Å²) in [5.74, 6) is 0. The SMILES string of the molecule is Cc1[nH]nc(-c2cccc(Cl)c2)c1CN. The molecule has 0 aliphatic rings. The quantitative estimate of drug-likeness (QED) is 0.819. The number of benzene rings is 1. The van der Waals surface area contributed by atoms with Crippen molar-refractivity contribution in [3.8, 4) is 11.3 Å². The molecule has 0 bridgehead atoms. The van der Waals surface area contributed by atoms with Crippen molar-refractivity contribution in [2.75, 3.05) is 0 Å². The molecule has 1 aromatic carbocycles. The fourth-order valence-electron chi connectivity index (χ4n) is 1.58. The largest absolute Gasteiger partial charge is 0.326 e. The summed E-state index contributed by atoms with van der Waals surface area (Å²) in [4.78, 5) is 0. The fourth-order valence-corrected chi connectivity index (χ4v) is 1.77. The molecule has 0 atom stereocenters. The lowest BCUT2D eigenvalue weighted by atomic mass is 10.1. The first kappa shape index (κ1) is 10.2. The van der Waals surface area contributed by atoms with Crippen LogP contribution in [0.3, 0.4) is 0 Å². The van der Waals surface area contributed by atoms with Gasteiger partial charge in [-0.1, -0.05) is 23.7 Å². The van der Waals surface area contributed by atoms with E-state index in [2.05, 4.69) is 10.2 Å². The maximum Gasteiger partial charge on any atom is 0.0968 e. The number of hydrogen-bond donors (Lipinski definition) is 2. The van der Waals surface area contributed by atoms with Crippen LogP contribution in [0.1, 0.15) is 11.3 Å². The lowest BCUT2D eigenvalue weighted by Gasteiger charge is -2.01. The maximum atomic E-state index is 5.93. The van der Waals surface area contributed by atoms with Crippen LogP contribution in [-0.2, 0) is 6.54 Å². The Morgan fingerprint density at radius 3 is 2.93 bits per heavy atom. The van der Waals surface area contributed by atoms with E-state index in [1.54, 1.807) is 0 Å². The van der Waals surface area contributed by atoms with Crippen LogP contribution in [-0.4, -0.2) is 10.2 Å². The standard InChI is InChI=1S/C11H12ClN3/c1-7-10(6-13)11(15-14-7)8-3-2-4-9(12)5-8/h2-5H,6,13H2,1H3,(H,14,15). The molecular weight excluding hydrogens is 210 g/mol. The molecule has 0 saturated carbocycles. The summed E-state index contributed by atoms with van der Waals surface area (Å²) in [6.07, 6.45) is 0. The Morgan fingerprint density at radius 1 is 1.47 bits per heavy atom. The number of aryl methyl sites for hydroxylation is 1. The average Bonchev–Trinajstić information content (AvgIpc) is 2.59. The van der Waals surface area contributed by atoms with Gasteiger partial charge in [-0.05, 0) is 19.1 Å². The zero-order valence-corrected chi connectivity index (χ0v) is 9.17. The summed E-state index contributed by atoms with van der Waals surface area (Å²) in [7, 11) is 0. The molecule has 0 radical (unpaired) electrons. The fraction of sp³-hybridized carbons (Fsp3) is 0.182. The zero-order chi connectivity index (χ0) is 10.8. The van der Waals surface area contributed by atoms with Crippen LogP contribution in [0.4, 0.5) is 0 Å². The maximum absolute atomic E-state index is 5.93. The molecule has 15 heavy (non-hydrogen) atoms. The number of nitrogens with two attached hydrogens (primary N) is 1. The monoisotopic (exact) mass is 221 g/mol. The highest BCUT2D eigenvalue weighted by atomic mass is 35.5. The van der Waals surface area contributed by atoms with E-state index in [1.807, 2.05) is 31.2 Å². The molecule has 0 saturated heterocycles. The molecule has 3 nitrogen and oxygen atoms in total. The minimum absolute atomic E-state index is 0.476. The number of halogens is 1. The molecular formula is C11H12ClN3. The highest BCUT2D eigenvalue weighted by molar-refractivity contribution is 6.30. The van der Waals surface area contributed by atoms with E-state index < -0.39 is 0 Å². The van der Waals surface area contributed by atoms with Crippen molar-refractivity contribution in [1.82, 2.24) is 10.2 Å². The lowest BCUT2D eigenvalue weighted by molar-refractivity contribution is 1.03. The molecule has 0 amide bonds. The summed E-state index contributed by atoms with van der Waals surface area (Å²) >= 11 is 5.93. The van der Waals surface area contributed by atoms with Crippen molar-refractivity contribution in [2.45, 2.75) is 13.5 Å². The summed E-state index contributed by atoms with van der Waals surface area (Å²) < 4.78 is 0. The van der Waals surface area contributed by atoms with E-state index in [4.69, 9.17) is 17.3 Å². The van der Waals surface area contributed by atoms with Gasteiger partial charge in [0, 0.05) is 28.4 Å². The third-order valence-electron chi connectivity index (χ3n) is 2.38. The van der Waals surface area contributed by atoms with Gasteiger partial charge in [-0.3, -0.25) is 5.10 Å². The molecule has 0 spiro atoms. The van der Waals surface area contributed by atoms with Crippen LogP contribution in [0.5, 0.6) is 0 Å². The van der Waals surface area contributed by atoms with E-state index >= 15 is 0 Å². The Balaban J connectivity index is 2.54. The topological polar surface area (TPSA) is 54.7 Å². The molecule has 2 rings (SSSR count). The molecule has 1 aromatic heterocycles. The Bertz CT molecular complexity index is 476. The van der Waals surface area contributed by atoms with Crippen LogP contribution in [0.25, 0.3) is 11.3 Å². The van der Waals surface area contributed by atoms with Crippen molar-refractivity contribution in [1.29, 1.82) is 0 Å². The van der Waals surface area contributed by atoms with Crippen LogP contribution >= 0.6 is 11.6 Å². The smallest absolute Gasteiger partial charge is 0.0968 e. The van der Waals surface area contributed by atoms with Gasteiger partial charge in [0.2, 0.25) is 0 Å². The number of aromatic nitrogens is 2. The molecule has 2 aromatic rings. The van der Waals surface area contributed by atoms with E-state index in [-0.39, 0.29) is 0 Å². The number of hydrogen-bond acceptors (Lipinski definition) is 2.